The molecule has 1 unspecified atom stereocenters. The molecule has 0 bridgehead atoms. The number of rotatable bonds is 4. The van der Waals surface area contributed by atoms with Crippen LogP contribution in [0.3, 0.4) is 0 Å². The minimum atomic E-state index is -0.459. The summed E-state index contributed by atoms with van der Waals surface area (Å²) in [5, 5.41) is 0. The van der Waals surface area contributed by atoms with Crippen molar-refractivity contribution in [3.8, 4) is 0 Å². The van der Waals surface area contributed by atoms with Gasteiger partial charge in [0.05, 0.1) is 7.11 Å². The van der Waals surface area contributed by atoms with Crippen molar-refractivity contribution in [1.29, 1.82) is 0 Å². The highest BCUT2D eigenvalue weighted by Crippen LogP contribution is 2.35. The third-order valence-electron chi connectivity index (χ3n) is 4.59. The zero-order valence-corrected chi connectivity index (χ0v) is 11.4. The van der Waals surface area contributed by atoms with E-state index >= 15 is 0 Å². The molecule has 2 fully saturated rings. The molecule has 104 valence electrons. The number of carbonyl (C=O) groups is 1. The predicted octanol–water partition coefficient (Wildman–Crippen LogP) is 1.53. The molecule has 0 aromatic rings. The number of carbonyl (C=O) groups excluding carboxylic acids is 1. The molecule has 1 heterocycles. The molecule has 0 aromatic heterocycles. The summed E-state index contributed by atoms with van der Waals surface area (Å²) in [5.41, 5.74) is 5.81. The van der Waals surface area contributed by atoms with E-state index in [1.807, 2.05) is 0 Å². The molecule has 2 rings (SSSR count). The van der Waals surface area contributed by atoms with Crippen molar-refractivity contribution >= 4 is 5.97 Å². The maximum absolute atomic E-state index is 11.3. The third-order valence-corrected chi connectivity index (χ3v) is 4.59. The molecule has 2 N–H and O–H groups in total. The molecule has 0 spiro atoms. The van der Waals surface area contributed by atoms with E-state index in [9.17, 15) is 4.79 Å². The predicted molar refractivity (Wildman–Crippen MR) is 71.2 cm³/mol. The van der Waals surface area contributed by atoms with Crippen LogP contribution < -0.4 is 5.73 Å². The van der Waals surface area contributed by atoms with Gasteiger partial charge in [-0.1, -0.05) is 12.8 Å². The molecule has 1 saturated carbocycles. The molecule has 0 aromatic carbocycles. The molecule has 18 heavy (non-hydrogen) atoms. The van der Waals surface area contributed by atoms with Crippen LogP contribution in [-0.2, 0) is 9.53 Å². The summed E-state index contributed by atoms with van der Waals surface area (Å²) >= 11 is 0. The molecule has 1 aliphatic heterocycles. The van der Waals surface area contributed by atoms with Gasteiger partial charge in [-0.15, -0.1) is 0 Å². The van der Waals surface area contributed by atoms with Crippen molar-refractivity contribution in [3.63, 3.8) is 0 Å². The van der Waals surface area contributed by atoms with Gasteiger partial charge in [0, 0.05) is 12.6 Å². The molecule has 3 atom stereocenters. The number of nitrogens with zero attached hydrogens (tertiary/aromatic N) is 1. The molecule has 4 heteroatoms. The molecule has 1 saturated heterocycles. The van der Waals surface area contributed by atoms with Crippen LogP contribution in [0.4, 0.5) is 0 Å². The van der Waals surface area contributed by atoms with Gasteiger partial charge in [-0.05, 0) is 44.6 Å². The second-order valence-corrected chi connectivity index (χ2v) is 5.71. The van der Waals surface area contributed by atoms with Crippen molar-refractivity contribution in [2.75, 3.05) is 20.2 Å². The Morgan fingerprint density at radius 1 is 1.33 bits per heavy atom. The normalized spacial score (nSPS) is 30.6. The third kappa shape index (κ3) is 3.23. The van der Waals surface area contributed by atoms with E-state index in [0.717, 1.165) is 24.9 Å². The first-order valence-electron chi connectivity index (χ1n) is 7.30. The Labute approximate surface area is 110 Å². The maximum atomic E-state index is 11.3. The molecule has 2 aliphatic rings. The summed E-state index contributed by atoms with van der Waals surface area (Å²) in [6.07, 6.45) is 8.90. The van der Waals surface area contributed by atoms with E-state index in [2.05, 4.69) is 9.64 Å². The summed E-state index contributed by atoms with van der Waals surface area (Å²) in [5.74, 6) is 0.606. The van der Waals surface area contributed by atoms with E-state index in [-0.39, 0.29) is 5.97 Å². The number of nitrogens with two attached hydrogens (primary N) is 1. The quantitative estimate of drug-likeness (QED) is 0.773. The lowest BCUT2D eigenvalue weighted by atomic mass is 9.78. The molecule has 0 radical (unpaired) electrons. The fourth-order valence-corrected chi connectivity index (χ4v) is 3.58. The highest BCUT2D eigenvalue weighted by molar-refractivity contribution is 5.75. The first kappa shape index (κ1) is 13.8. The Kier molecular flexibility index (Phi) is 5.01. The standard InChI is InChI=1S/C14H26N2O2/c1-18-14(17)12(15)8-10-16-9-4-6-11-5-2-3-7-13(11)16/h11-13H,2-10,15H2,1H3/t11-,12?,13-/m1/s1. The fourth-order valence-electron chi connectivity index (χ4n) is 3.58. The summed E-state index contributed by atoms with van der Waals surface area (Å²) in [6, 6.07) is 0.288. The van der Waals surface area contributed by atoms with Crippen LogP contribution in [0.5, 0.6) is 0 Å². The lowest BCUT2D eigenvalue weighted by molar-refractivity contribution is -0.142. The van der Waals surface area contributed by atoms with Gasteiger partial charge >= 0.3 is 5.97 Å². The van der Waals surface area contributed by atoms with Gasteiger partial charge in [-0.25, -0.2) is 0 Å². The van der Waals surface area contributed by atoms with Crippen LogP contribution in [0.15, 0.2) is 0 Å². The number of piperidine rings is 1. The minimum absolute atomic E-state index is 0.285. The minimum Gasteiger partial charge on any atom is -0.468 e. The first-order chi connectivity index (χ1) is 8.72. The van der Waals surface area contributed by atoms with Crippen molar-refractivity contribution in [3.05, 3.63) is 0 Å². The lowest BCUT2D eigenvalue weighted by Crippen LogP contribution is -2.48. The lowest BCUT2D eigenvalue weighted by Gasteiger charge is -2.44. The average molecular weight is 254 g/mol. The van der Waals surface area contributed by atoms with Gasteiger partial charge in [0.15, 0.2) is 0 Å². The largest absolute Gasteiger partial charge is 0.468 e. The Balaban J connectivity index is 1.82. The summed E-state index contributed by atoms with van der Waals surface area (Å²) in [7, 11) is 1.40. The summed E-state index contributed by atoms with van der Waals surface area (Å²) in [6.45, 7) is 2.12. The first-order valence-corrected chi connectivity index (χ1v) is 7.30. The Morgan fingerprint density at radius 3 is 2.83 bits per heavy atom. The van der Waals surface area contributed by atoms with Gasteiger partial charge in [0.25, 0.3) is 0 Å². The number of fused-ring (bicyclic) bond motifs is 1. The number of methoxy groups -OCH3 is 1. The van der Waals surface area contributed by atoms with E-state index in [4.69, 9.17) is 5.73 Å². The number of esters is 1. The van der Waals surface area contributed by atoms with Crippen LogP contribution in [0.1, 0.15) is 44.9 Å². The summed E-state index contributed by atoms with van der Waals surface area (Å²) < 4.78 is 4.68. The maximum Gasteiger partial charge on any atom is 0.322 e. The fraction of sp³-hybridized carbons (Fsp3) is 0.929. The van der Waals surface area contributed by atoms with Gasteiger partial charge < -0.3 is 15.4 Å². The highest BCUT2D eigenvalue weighted by Gasteiger charge is 2.33. The van der Waals surface area contributed by atoms with Crippen molar-refractivity contribution in [2.24, 2.45) is 11.7 Å². The van der Waals surface area contributed by atoms with Crippen molar-refractivity contribution in [2.45, 2.75) is 57.0 Å². The second-order valence-electron chi connectivity index (χ2n) is 5.71. The SMILES string of the molecule is COC(=O)C(N)CCN1CCC[C@H]2CCCC[C@H]21. The monoisotopic (exact) mass is 254 g/mol. The van der Waals surface area contributed by atoms with Gasteiger partial charge in [-0.3, -0.25) is 4.79 Å². The zero-order chi connectivity index (χ0) is 13.0. The molecule has 0 amide bonds. The van der Waals surface area contributed by atoms with E-state index < -0.39 is 6.04 Å². The van der Waals surface area contributed by atoms with Crippen LogP contribution in [0.25, 0.3) is 0 Å². The smallest absolute Gasteiger partial charge is 0.322 e. The van der Waals surface area contributed by atoms with Crippen LogP contribution in [0.2, 0.25) is 0 Å². The van der Waals surface area contributed by atoms with E-state index in [0.29, 0.717) is 0 Å². The number of hydrogen-bond acceptors (Lipinski definition) is 4. The van der Waals surface area contributed by atoms with Crippen molar-refractivity contribution in [1.82, 2.24) is 4.90 Å². The topological polar surface area (TPSA) is 55.6 Å². The summed E-state index contributed by atoms with van der Waals surface area (Å²) in [4.78, 5) is 13.9. The highest BCUT2D eigenvalue weighted by atomic mass is 16.5. The number of likely N-dealkylation sites (tertiary alicyclic amines) is 1. The van der Waals surface area contributed by atoms with Gasteiger partial charge in [0.1, 0.15) is 6.04 Å². The van der Waals surface area contributed by atoms with E-state index in [1.54, 1.807) is 0 Å². The Morgan fingerprint density at radius 2 is 2.06 bits per heavy atom. The Bertz CT molecular complexity index is 281. The van der Waals surface area contributed by atoms with Crippen LogP contribution >= 0.6 is 0 Å². The molecule has 1 aliphatic carbocycles. The van der Waals surface area contributed by atoms with Crippen LogP contribution in [0, 0.1) is 5.92 Å². The Hall–Kier alpha value is -0.610. The van der Waals surface area contributed by atoms with Crippen LogP contribution in [-0.4, -0.2) is 43.2 Å². The molecular weight excluding hydrogens is 228 g/mol. The number of hydrogen-bond donors (Lipinski definition) is 1. The average Bonchev–Trinajstić information content (AvgIpc) is 2.43. The zero-order valence-electron chi connectivity index (χ0n) is 11.4. The second kappa shape index (κ2) is 6.53. The number of ether oxygens (including phenoxy) is 1. The molecular formula is C14H26N2O2. The van der Waals surface area contributed by atoms with Gasteiger partial charge in [-0.2, -0.15) is 0 Å². The molecule has 4 nitrogen and oxygen atoms in total. The van der Waals surface area contributed by atoms with Gasteiger partial charge in [0.2, 0.25) is 0 Å². The van der Waals surface area contributed by atoms with E-state index in [1.165, 1.54) is 52.2 Å². The van der Waals surface area contributed by atoms with Crippen molar-refractivity contribution < 1.29 is 9.53 Å².